The molecule has 0 radical (unpaired) electrons. The van der Waals surface area contributed by atoms with Gasteiger partial charge in [-0.3, -0.25) is 0 Å². The Morgan fingerprint density at radius 3 is 1.80 bits per heavy atom. The van der Waals surface area contributed by atoms with E-state index in [4.69, 9.17) is 19.4 Å². The van der Waals surface area contributed by atoms with Crippen LogP contribution in [0.2, 0.25) is 0 Å². The van der Waals surface area contributed by atoms with Crippen molar-refractivity contribution in [1.82, 2.24) is 19.5 Å². The fraction of sp³-hybridized carbons (Fsp3) is 0.0656. The second kappa shape index (κ2) is 15.7. The predicted octanol–water partition coefficient (Wildman–Crippen LogP) is 15.5. The number of fused-ring (bicyclic) bond motifs is 9. The highest BCUT2D eigenvalue weighted by atomic mass is 16.3. The van der Waals surface area contributed by atoms with Crippen molar-refractivity contribution in [2.45, 2.75) is 25.2 Å². The van der Waals surface area contributed by atoms with Crippen LogP contribution in [-0.4, -0.2) is 19.5 Å². The average molecular weight is 847 g/mol. The molecule has 5 heteroatoms. The van der Waals surface area contributed by atoms with E-state index in [0.29, 0.717) is 23.4 Å². The number of rotatable bonds is 7. The van der Waals surface area contributed by atoms with E-state index in [1.165, 1.54) is 60.9 Å². The van der Waals surface area contributed by atoms with Crippen molar-refractivity contribution < 1.29 is 4.42 Å². The number of furan rings is 1. The summed E-state index contributed by atoms with van der Waals surface area (Å²) in [5, 5.41) is 4.76. The summed E-state index contributed by atoms with van der Waals surface area (Å²) >= 11 is 0. The Morgan fingerprint density at radius 2 is 1.02 bits per heavy atom. The van der Waals surface area contributed by atoms with Crippen LogP contribution in [0.15, 0.2) is 217 Å². The summed E-state index contributed by atoms with van der Waals surface area (Å²) in [5.74, 6) is 2.21. The number of benzene rings is 9. The molecule has 1 aliphatic carbocycles. The second-order valence-corrected chi connectivity index (χ2v) is 17.5. The number of hydrogen-bond donors (Lipinski definition) is 0. The van der Waals surface area contributed by atoms with Gasteiger partial charge in [0.25, 0.3) is 0 Å². The molecule has 1 unspecified atom stereocenters. The van der Waals surface area contributed by atoms with Gasteiger partial charge in [0.2, 0.25) is 0 Å². The molecule has 1 atom stereocenters. The molecule has 1 aliphatic rings. The molecule has 3 aromatic heterocycles. The van der Waals surface area contributed by atoms with Crippen LogP contribution in [0.25, 0.3) is 106 Å². The lowest BCUT2D eigenvalue weighted by Crippen LogP contribution is -2.04. The Hall–Kier alpha value is -8.41. The third-order valence-electron chi connectivity index (χ3n) is 13.6. The van der Waals surface area contributed by atoms with Crippen LogP contribution in [0, 0.1) is 0 Å². The quantitative estimate of drug-likeness (QED) is 0.160. The molecule has 0 bridgehead atoms. The number of hydrogen-bond acceptors (Lipinski definition) is 4. The standard InChI is InChI=1S/C61H42N4O/c1-3-13-40(14-4-1)41-27-29-43(30-28-41)60-62-59(63-61(64-60)46-33-34-52-51-20-10-12-22-57(51)66-58(52)37-46)42-25-23-39(24-26-42)35-44-31-32-45-36-54-50-19-9-11-21-55(50)65(47-15-5-2-6-16-47)56(54)38-53(45)49-18-8-7-17-48(44)49/h1-30,33-34,36-38,44H,31-32,35H2. The Morgan fingerprint density at radius 1 is 0.424 bits per heavy atom. The van der Waals surface area contributed by atoms with Gasteiger partial charge in [0.1, 0.15) is 11.2 Å². The summed E-state index contributed by atoms with van der Waals surface area (Å²) in [7, 11) is 0. The van der Waals surface area contributed by atoms with Crippen LogP contribution >= 0.6 is 0 Å². The zero-order valence-corrected chi connectivity index (χ0v) is 36.1. The first kappa shape index (κ1) is 38.1. The van der Waals surface area contributed by atoms with E-state index in [-0.39, 0.29) is 0 Å². The molecule has 66 heavy (non-hydrogen) atoms. The number of para-hydroxylation sites is 3. The van der Waals surface area contributed by atoms with Crippen molar-refractivity contribution in [3.63, 3.8) is 0 Å². The Kier molecular flexibility index (Phi) is 9.05. The molecule has 0 saturated heterocycles. The van der Waals surface area contributed by atoms with Crippen molar-refractivity contribution in [2.75, 3.05) is 0 Å². The van der Waals surface area contributed by atoms with Crippen LogP contribution in [0.4, 0.5) is 0 Å². The summed E-state index contributed by atoms with van der Waals surface area (Å²) in [5.41, 5.74) is 17.2. The molecule has 0 N–H and O–H groups in total. The minimum atomic E-state index is 0.356. The highest BCUT2D eigenvalue weighted by Crippen LogP contribution is 2.44. The first-order valence-corrected chi connectivity index (χ1v) is 22.8. The summed E-state index contributed by atoms with van der Waals surface area (Å²) in [6, 6.07) is 75.8. The van der Waals surface area contributed by atoms with E-state index < -0.39 is 0 Å². The molecular weight excluding hydrogens is 805 g/mol. The molecule has 0 aliphatic heterocycles. The normalized spacial score (nSPS) is 13.5. The Labute approximate surface area is 382 Å². The van der Waals surface area contributed by atoms with Crippen molar-refractivity contribution >= 4 is 43.7 Å². The van der Waals surface area contributed by atoms with E-state index in [1.54, 1.807) is 0 Å². The SMILES string of the molecule is c1ccc(-c2ccc(-c3nc(-c4ccc(CC5CCc6cc7c8ccccc8n(-c8ccccc8)c7cc6-c6ccccc65)cc4)nc(-c4ccc5c(c4)oc4ccccc45)n3)cc2)cc1. The van der Waals surface area contributed by atoms with Crippen LogP contribution in [0.3, 0.4) is 0 Å². The van der Waals surface area contributed by atoms with Crippen LogP contribution in [0.5, 0.6) is 0 Å². The summed E-state index contributed by atoms with van der Waals surface area (Å²) in [4.78, 5) is 15.3. The van der Waals surface area contributed by atoms with Crippen LogP contribution in [-0.2, 0) is 12.8 Å². The van der Waals surface area contributed by atoms with Gasteiger partial charge in [-0.1, -0.05) is 164 Å². The van der Waals surface area contributed by atoms with Gasteiger partial charge in [0, 0.05) is 43.9 Å². The first-order chi connectivity index (χ1) is 32.7. The number of aromatic nitrogens is 4. The van der Waals surface area contributed by atoms with E-state index >= 15 is 0 Å². The predicted molar refractivity (Wildman–Crippen MR) is 270 cm³/mol. The lowest BCUT2D eigenvalue weighted by atomic mass is 9.86. The fourth-order valence-electron chi connectivity index (χ4n) is 10.3. The van der Waals surface area contributed by atoms with E-state index in [0.717, 1.165) is 63.5 Å². The summed E-state index contributed by atoms with van der Waals surface area (Å²) in [6.45, 7) is 0. The van der Waals surface area contributed by atoms with E-state index in [9.17, 15) is 0 Å². The fourth-order valence-corrected chi connectivity index (χ4v) is 10.3. The van der Waals surface area contributed by atoms with Gasteiger partial charge in [-0.25, -0.2) is 15.0 Å². The average Bonchev–Trinajstić information content (AvgIpc) is 3.88. The zero-order valence-electron chi connectivity index (χ0n) is 36.1. The van der Waals surface area contributed by atoms with E-state index in [1.807, 2.05) is 24.3 Å². The van der Waals surface area contributed by atoms with Crippen LogP contribution in [0.1, 0.15) is 29.0 Å². The highest BCUT2D eigenvalue weighted by molar-refractivity contribution is 6.11. The molecule has 0 amide bonds. The maximum atomic E-state index is 6.30. The van der Waals surface area contributed by atoms with E-state index in [2.05, 4.69) is 193 Å². The lowest BCUT2D eigenvalue weighted by molar-refractivity contribution is 0.629. The van der Waals surface area contributed by atoms with Crippen molar-refractivity contribution in [2.24, 2.45) is 0 Å². The number of aryl methyl sites for hydroxylation is 1. The van der Waals surface area contributed by atoms with Gasteiger partial charge < -0.3 is 8.98 Å². The minimum absolute atomic E-state index is 0.356. The third kappa shape index (κ3) is 6.59. The molecule has 12 aromatic rings. The smallest absolute Gasteiger partial charge is 0.164 e. The molecule has 0 saturated carbocycles. The lowest BCUT2D eigenvalue weighted by Gasteiger charge is -2.18. The molecule has 0 spiro atoms. The van der Waals surface area contributed by atoms with Gasteiger partial charge in [-0.05, 0) is 113 Å². The van der Waals surface area contributed by atoms with Gasteiger partial charge in [0.05, 0.1) is 11.0 Å². The van der Waals surface area contributed by atoms with Gasteiger partial charge in [-0.2, -0.15) is 0 Å². The van der Waals surface area contributed by atoms with Gasteiger partial charge in [0.15, 0.2) is 17.5 Å². The first-order valence-electron chi connectivity index (χ1n) is 22.8. The zero-order chi connectivity index (χ0) is 43.6. The summed E-state index contributed by atoms with van der Waals surface area (Å²) < 4.78 is 8.73. The minimum Gasteiger partial charge on any atom is -0.456 e. The molecule has 0 fully saturated rings. The third-order valence-corrected chi connectivity index (χ3v) is 13.6. The van der Waals surface area contributed by atoms with Crippen molar-refractivity contribution in [3.05, 3.63) is 229 Å². The molecule has 13 rings (SSSR count). The van der Waals surface area contributed by atoms with Gasteiger partial charge >= 0.3 is 0 Å². The Balaban J connectivity index is 0.850. The monoisotopic (exact) mass is 846 g/mol. The molecule has 5 nitrogen and oxygen atoms in total. The Bertz CT molecular complexity index is 3780. The summed E-state index contributed by atoms with van der Waals surface area (Å²) in [6.07, 6.45) is 3.01. The molecule has 312 valence electrons. The highest BCUT2D eigenvalue weighted by Gasteiger charge is 2.25. The van der Waals surface area contributed by atoms with Crippen molar-refractivity contribution in [1.29, 1.82) is 0 Å². The molecular formula is C61H42N4O. The van der Waals surface area contributed by atoms with Crippen molar-refractivity contribution in [3.8, 4) is 62.1 Å². The second-order valence-electron chi connectivity index (χ2n) is 17.5. The molecule has 3 heterocycles. The maximum absolute atomic E-state index is 6.30. The van der Waals surface area contributed by atoms with Crippen LogP contribution < -0.4 is 0 Å². The number of nitrogens with zero attached hydrogens (tertiary/aromatic N) is 4. The van der Waals surface area contributed by atoms with Gasteiger partial charge in [-0.15, -0.1) is 0 Å². The molecule has 9 aromatic carbocycles. The largest absolute Gasteiger partial charge is 0.456 e. The maximum Gasteiger partial charge on any atom is 0.164 e. The topological polar surface area (TPSA) is 56.7 Å².